The van der Waals surface area contributed by atoms with Crippen LogP contribution in [0.1, 0.15) is 23.4 Å². The van der Waals surface area contributed by atoms with Crippen LogP contribution in [0.25, 0.3) is 0 Å². The molecule has 1 aromatic rings. The number of hydrogen-bond acceptors (Lipinski definition) is 5. The monoisotopic (exact) mass is 314 g/mol. The van der Waals surface area contributed by atoms with Gasteiger partial charge in [-0.25, -0.2) is 13.4 Å². The van der Waals surface area contributed by atoms with Crippen LogP contribution < -0.4 is 5.32 Å². The Morgan fingerprint density at radius 2 is 2.35 bits per heavy atom. The van der Waals surface area contributed by atoms with Gasteiger partial charge in [0, 0.05) is 29.2 Å². The molecule has 1 amide bonds. The normalized spacial score (nSPS) is 20.1. The maximum absolute atomic E-state index is 11.7. The van der Waals surface area contributed by atoms with Crippen molar-refractivity contribution in [1.82, 2.24) is 10.3 Å². The molecule has 5 nitrogen and oxygen atoms in total. The van der Waals surface area contributed by atoms with Crippen LogP contribution in [0, 0.1) is 12.8 Å². The van der Waals surface area contributed by atoms with Gasteiger partial charge in [-0.05, 0) is 19.8 Å². The highest BCUT2D eigenvalue weighted by atomic mass is 32.2. The van der Waals surface area contributed by atoms with E-state index >= 15 is 0 Å². The number of nitrogens with zero attached hydrogens (tertiary/aromatic N) is 1. The minimum absolute atomic E-state index is 0.0560. The molecule has 1 atom stereocenters. The van der Waals surface area contributed by atoms with Gasteiger partial charge >= 0.3 is 0 Å². The number of sulfone groups is 1. The maximum atomic E-state index is 11.7. The zero-order chi connectivity index (χ0) is 14.6. The number of aromatic nitrogens is 1. The SMILES string of the molecule is Cc1ncsc1CCCNC(=O)C[C@@H]1C=CS(=O)(=O)C1. The molecule has 1 aromatic heterocycles. The van der Waals surface area contributed by atoms with E-state index in [0.29, 0.717) is 6.54 Å². The molecule has 0 radical (unpaired) electrons. The number of amides is 1. The van der Waals surface area contributed by atoms with Crippen LogP contribution in [0.4, 0.5) is 0 Å². The van der Waals surface area contributed by atoms with Gasteiger partial charge in [-0.2, -0.15) is 0 Å². The summed E-state index contributed by atoms with van der Waals surface area (Å²) in [4.78, 5) is 17.1. The fourth-order valence-corrected chi connectivity index (χ4v) is 4.34. The number of rotatable bonds is 6. The third-order valence-electron chi connectivity index (χ3n) is 3.20. The molecule has 110 valence electrons. The Kier molecular flexibility index (Phi) is 4.93. The summed E-state index contributed by atoms with van der Waals surface area (Å²) in [5, 5.41) is 4.04. The van der Waals surface area contributed by atoms with E-state index in [9.17, 15) is 13.2 Å². The zero-order valence-electron chi connectivity index (χ0n) is 11.3. The predicted octanol–water partition coefficient (Wildman–Crippen LogP) is 1.45. The van der Waals surface area contributed by atoms with Crippen molar-refractivity contribution in [3.05, 3.63) is 27.6 Å². The molecular formula is C13H18N2O3S2. The molecule has 2 heterocycles. The van der Waals surface area contributed by atoms with E-state index in [1.807, 2.05) is 12.4 Å². The molecule has 7 heteroatoms. The van der Waals surface area contributed by atoms with Gasteiger partial charge in [0.15, 0.2) is 9.84 Å². The largest absolute Gasteiger partial charge is 0.356 e. The molecule has 0 fully saturated rings. The van der Waals surface area contributed by atoms with Gasteiger partial charge in [0.2, 0.25) is 5.91 Å². The summed E-state index contributed by atoms with van der Waals surface area (Å²) in [6, 6.07) is 0. The van der Waals surface area contributed by atoms with Crippen molar-refractivity contribution in [2.45, 2.75) is 26.2 Å². The van der Waals surface area contributed by atoms with Crippen LogP contribution in [-0.2, 0) is 21.1 Å². The van der Waals surface area contributed by atoms with Gasteiger partial charge in [-0.1, -0.05) is 6.08 Å². The molecule has 0 unspecified atom stereocenters. The average Bonchev–Trinajstić information content (AvgIpc) is 2.91. The number of aryl methyl sites for hydroxylation is 2. The van der Waals surface area contributed by atoms with E-state index in [-0.39, 0.29) is 24.0 Å². The van der Waals surface area contributed by atoms with Crippen LogP contribution in [0.15, 0.2) is 17.0 Å². The third-order valence-corrected chi connectivity index (χ3v) is 5.66. The Balaban J connectivity index is 1.64. The lowest BCUT2D eigenvalue weighted by molar-refractivity contribution is -0.121. The Morgan fingerprint density at radius 3 is 2.95 bits per heavy atom. The number of allylic oxidation sites excluding steroid dienone is 1. The summed E-state index contributed by atoms with van der Waals surface area (Å²) in [6.07, 6.45) is 3.63. The van der Waals surface area contributed by atoms with E-state index in [4.69, 9.17) is 0 Å². The molecule has 1 aliphatic heterocycles. The van der Waals surface area contributed by atoms with Gasteiger partial charge in [-0.15, -0.1) is 11.3 Å². The molecule has 0 aromatic carbocycles. The molecule has 1 N–H and O–H groups in total. The Labute approximate surface area is 123 Å². The third kappa shape index (κ3) is 4.42. The molecular weight excluding hydrogens is 296 g/mol. The molecule has 0 bridgehead atoms. The fourth-order valence-electron chi connectivity index (χ4n) is 2.12. The lowest BCUT2D eigenvalue weighted by atomic mass is 10.1. The fraction of sp³-hybridized carbons (Fsp3) is 0.538. The summed E-state index contributed by atoms with van der Waals surface area (Å²) in [7, 11) is -3.07. The smallest absolute Gasteiger partial charge is 0.220 e. The standard InChI is InChI=1S/C13H18N2O3S2/c1-10-12(19-9-15-10)3-2-5-14-13(16)7-11-4-6-20(17,18)8-11/h4,6,9,11H,2-3,5,7-8H2,1H3,(H,14,16)/t11-/m0/s1. The lowest BCUT2D eigenvalue weighted by Gasteiger charge is -2.08. The van der Waals surface area contributed by atoms with Gasteiger partial charge in [-0.3, -0.25) is 4.79 Å². The number of carbonyl (C=O) groups excluding carboxylic acids is 1. The van der Waals surface area contributed by atoms with E-state index in [1.165, 1.54) is 10.3 Å². The van der Waals surface area contributed by atoms with Crippen molar-refractivity contribution in [2.24, 2.45) is 5.92 Å². The van der Waals surface area contributed by atoms with Crippen molar-refractivity contribution in [2.75, 3.05) is 12.3 Å². The van der Waals surface area contributed by atoms with Crippen LogP contribution in [0.2, 0.25) is 0 Å². The Bertz CT molecular complexity index is 605. The van der Waals surface area contributed by atoms with Crippen LogP contribution >= 0.6 is 11.3 Å². The number of thiazole rings is 1. The van der Waals surface area contributed by atoms with Crippen molar-refractivity contribution in [1.29, 1.82) is 0 Å². The summed E-state index contributed by atoms with van der Waals surface area (Å²) in [5.41, 5.74) is 2.89. The number of hydrogen-bond donors (Lipinski definition) is 1. The van der Waals surface area contributed by atoms with E-state index in [1.54, 1.807) is 17.4 Å². The van der Waals surface area contributed by atoms with Gasteiger partial charge < -0.3 is 5.32 Å². The first-order chi connectivity index (χ1) is 9.46. The van der Waals surface area contributed by atoms with Gasteiger partial charge in [0.25, 0.3) is 0 Å². The van der Waals surface area contributed by atoms with Crippen molar-refractivity contribution in [3.8, 4) is 0 Å². The molecule has 0 saturated heterocycles. The highest BCUT2D eigenvalue weighted by Crippen LogP contribution is 2.18. The molecule has 1 aliphatic rings. The second kappa shape index (κ2) is 6.49. The number of nitrogens with one attached hydrogen (secondary N) is 1. The molecule has 0 aliphatic carbocycles. The average molecular weight is 314 g/mol. The first-order valence-electron chi connectivity index (χ1n) is 6.53. The quantitative estimate of drug-likeness (QED) is 0.806. The topological polar surface area (TPSA) is 76.1 Å². The van der Waals surface area contributed by atoms with Crippen molar-refractivity contribution in [3.63, 3.8) is 0 Å². The summed E-state index contributed by atoms with van der Waals surface area (Å²) >= 11 is 1.63. The van der Waals surface area contributed by atoms with Gasteiger partial charge in [0.05, 0.1) is 17.0 Å². The minimum atomic E-state index is -3.07. The van der Waals surface area contributed by atoms with E-state index in [2.05, 4.69) is 10.3 Å². The number of carbonyl (C=O) groups is 1. The van der Waals surface area contributed by atoms with Gasteiger partial charge in [0.1, 0.15) is 0 Å². The van der Waals surface area contributed by atoms with Crippen LogP contribution in [0.3, 0.4) is 0 Å². The summed E-state index contributed by atoms with van der Waals surface area (Å²) in [6.45, 7) is 2.59. The highest BCUT2D eigenvalue weighted by Gasteiger charge is 2.23. The Hall–Kier alpha value is -1.21. The molecule has 0 spiro atoms. The molecule has 0 saturated carbocycles. The van der Waals surface area contributed by atoms with E-state index in [0.717, 1.165) is 18.5 Å². The van der Waals surface area contributed by atoms with Crippen LogP contribution in [0.5, 0.6) is 0 Å². The van der Waals surface area contributed by atoms with E-state index < -0.39 is 9.84 Å². The second-order valence-electron chi connectivity index (χ2n) is 4.94. The maximum Gasteiger partial charge on any atom is 0.220 e. The van der Waals surface area contributed by atoms with Crippen LogP contribution in [-0.4, -0.2) is 31.6 Å². The minimum Gasteiger partial charge on any atom is -0.356 e. The molecule has 2 rings (SSSR count). The lowest BCUT2D eigenvalue weighted by Crippen LogP contribution is -2.27. The predicted molar refractivity (Wildman–Crippen MR) is 79.2 cm³/mol. The molecule has 20 heavy (non-hydrogen) atoms. The van der Waals surface area contributed by atoms with Crippen molar-refractivity contribution >= 4 is 27.1 Å². The zero-order valence-corrected chi connectivity index (χ0v) is 13.0. The first-order valence-corrected chi connectivity index (χ1v) is 9.12. The Morgan fingerprint density at radius 1 is 1.55 bits per heavy atom. The highest BCUT2D eigenvalue weighted by molar-refractivity contribution is 7.94. The summed E-state index contributed by atoms with van der Waals surface area (Å²) in [5.74, 6) is -0.206. The first kappa shape index (κ1) is 15.2. The van der Waals surface area contributed by atoms with Crippen molar-refractivity contribution < 1.29 is 13.2 Å². The second-order valence-corrected chi connectivity index (χ2v) is 7.81. The summed E-state index contributed by atoms with van der Waals surface area (Å²) < 4.78 is 22.4.